The summed E-state index contributed by atoms with van der Waals surface area (Å²) in [6.07, 6.45) is 7.47. The van der Waals surface area contributed by atoms with Gasteiger partial charge in [0.05, 0.1) is 32.3 Å². The van der Waals surface area contributed by atoms with Crippen LogP contribution in [0.4, 0.5) is 11.5 Å². The molecule has 8 heteroatoms. The van der Waals surface area contributed by atoms with Gasteiger partial charge in [0.25, 0.3) is 5.91 Å². The molecule has 0 unspecified atom stereocenters. The highest BCUT2D eigenvalue weighted by atomic mass is 16.5. The van der Waals surface area contributed by atoms with Crippen molar-refractivity contribution in [2.45, 2.75) is 6.42 Å². The monoisotopic (exact) mass is 393 g/mol. The Balaban J connectivity index is 1.62. The minimum atomic E-state index is -0.369. The molecule has 0 fully saturated rings. The Kier molecular flexibility index (Phi) is 6.57. The maximum Gasteiger partial charge on any atom is 0.275 e. The number of anilines is 2. The molecular formula is C21H23N5O3. The summed E-state index contributed by atoms with van der Waals surface area (Å²) in [4.78, 5) is 27.1. The highest BCUT2D eigenvalue weighted by Gasteiger charge is 2.13. The lowest BCUT2D eigenvalue weighted by molar-refractivity contribution is 0.102. The Bertz CT molecular complexity index is 948. The molecule has 3 aromatic rings. The van der Waals surface area contributed by atoms with Gasteiger partial charge in [-0.3, -0.25) is 9.78 Å². The van der Waals surface area contributed by atoms with E-state index in [1.165, 1.54) is 18.9 Å². The van der Waals surface area contributed by atoms with Gasteiger partial charge < -0.3 is 19.7 Å². The first-order chi connectivity index (χ1) is 14.1. The number of nitrogens with zero attached hydrogens (tertiary/aromatic N) is 4. The molecule has 0 radical (unpaired) electrons. The average molecular weight is 393 g/mol. The Morgan fingerprint density at radius 1 is 1.07 bits per heavy atom. The van der Waals surface area contributed by atoms with Crippen molar-refractivity contribution in [1.82, 2.24) is 15.0 Å². The maximum atomic E-state index is 12.5. The Morgan fingerprint density at radius 2 is 1.86 bits per heavy atom. The number of amides is 1. The highest BCUT2D eigenvalue weighted by Crippen LogP contribution is 2.29. The second-order valence-electron chi connectivity index (χ2n) is 6.31. The van der Waals surface area contributed by atoms with Crippen molar-refractivity contribution in [3.63, 3.8) is 0 Å². The van der Waals surface area contributed by atoms with E-state index in [1.807, 2.05) is 24.1 Å². The molecule has 0 aliphatic heterocycles. The summed E-state index contributed by atoms with van der Waals surface area (Å²) >= 11 is 0. The van der Waals surface area contributed by atoms with E-state index in [0.29, 0.717) is 23.0 Å². The fraction of sp³-hybridized carbons (Fsp3) is 0.238. The number of methoxy groups -OCH3 is 2. The molecule has 0 saturated carbocycles. The normalized spacial score (nSPS) is 10.3. The van der Waals surface area contributed by atoms with Crippen molar-refractivity contribution in [1.29, 1.82) is 0 Å². The van der Waals surface area contributed by atoms with Gasteiger partial charge in [-0.05, 0) is 36.2 Å². The van der Waals surface area contributed by atoms with E-state index in [-0.39, 0.29) is 11.6 Å². The van der Waals surface area contributed by atoms with Gasteiger partial charge in [0.1, 0.15) is 23.0 Å². The molecule has 0 aliphatic carbocycles. The molecule has 0 aliphatic rings. The number of pyridine rings is 1. The second kappa shape index (κ2) is 9.50. The predicted molar refractivity (Wildman–Crippen MR) is 111 cm³/mol. The molecule has 0 atom stereocenters. The van der Waals surface area contributed by atoms with Gasteiger partial charge in [-0.2, -0.15) is 0 Å². The average Bonchev–Trinajstić information content (AvgIpc) is 2.78. The fourth-order valence-electron chi connectivity index (χ4n) is 2.68. The lowest BCUT2D eigenvalue weighted by atomic mass is 10.2. The van der Waals surface area contributed by atoms with Crippen molar-refractivity contribution in [3.05, 3.63) is 66.4 Å². The molecule has 1 N–H and O–H groups in total. The Morgan fingerprint density at radius 3 is 2.52 bits per heavy atom. The van der Waals surface area contributed by atoms with Crippen LogP contribution in [0.5, 0.6) is 11.5 Å². The summed E-state index contributed by atoms with van der Waals surface area (Å²) in [6, 6.07) is 9.12. The Hall–Kier alpha value is -3.68. The van der Waals surface area contributed by atoms with Gasteiger partial charge in [-0.25, -0.2) is 9.97 Å². The van der Waals surface area contributed by atoms with E-state index in [0.717, 1.165) is 13.0 Å². The van der Waals surface area contributed by atoms with Gasteiger partial charge in [-0.1, -0.05) is 0 Å². The van der Waals surface area contributed by atoms with E-state index in [2.05, 4.69) is 20.3 Å². The van der Waals surface area contributed by atoms with Gasteiger partial charge >= 0.3 is 0 Å². The third-order valence-electron chi connectivity index (χ3n) is 4.40. The molecule has 2 heterocycles. The third-order valence-corrected chi connectivity index (χ3v) is 4.40. The van der Waals surface area contributed by atoms with Crippen LogP contribution in [0.2, 0.25) is 0 Å². The molecule has 0 spiro atoms. The van der Waals surface area contributed by atoms with Crippen LogP contribution in [0.3, 0.4) is 0 Å². The largest absolute Gasteiger partial charge is 0.497 e. The zero-order valence-electron chi connectivity index (χ0n) is 16.6. The van der Waals surface area contributed by atoms with Crippen molar-refractivity contribution >= 4 is 17.4 Å². The number of likely N-dealkylation sites (N-methyl/N-ethyl adjacent to an activating group) is 1. The first-order valence-corrected chi connectivity index (χ1v) is 9.06. The molecule has 8 nitrogen and oxygen atoms in total. The van der Waals surface area contributed by atoms with Crippen LogP contribution >= 0.6 is 0 Å². The van der Waals surface area contributed by atoms with Crippen LogP contribution in [0, 0.1) is 0 Å². The van der Waals surface area contributed by atoms with Crippen molar-refractivity contribution in [2.75, 3.05) is 38.0 Å². The lowest BCUT2D eigenvalue weighted by Gasteiger charge is -2.17. The number of nitrogens with one attached hydrogen (secondary N) is 1. The molecule has 1 amide bonds. The smallest absolute Gasteiger partial charge is 0.275 e. The molecule has 0 saturated heterocycles. The van der Waals surface area contributed by atoms with Crippen LogP contribution < -0.4 is 19.7 Å². The maximum absolute atomic E-state index is 12.5. The standard InChI is InChI=1S/C21H23N5O3/c1-26(11-8-15-6-9-22-10-7-15)20-14-23-18(13-24-20)21(27)25-17-5-4-16(28-2)12-19(17)29-3/h4-7,9-10,12-14H,8,11H2,1-3H3,(H,25,27). The number of carbonyl (C=O) groups excluding carboxylic acids is 1. The molecular weight excluding hydrogens is 370 g/mol. The van der Waals surface area contributed by atoms with Gasteiger partial charge in [0.15, 0.2) is 0 Å². The lowest BCUT2D eigenvalue weighted by Crippen LogP contribution is -2.22. The quantitative estimate of drug-likeness (QED) is 0.629. The van der Waals surface area contributed by atoms with E-state index < -0.39 is 0 Å². The van der Waals surface area contributed by atoms with Crippen LogP contribution in [0.15, 0.2) is 55.1 Å². The predicted octanol–water partition coefficient (Wildman–Crippen LogP) is 2.82. The summed E-state index contributed by atoms with van der Waals surface area (Å²) in [7, 11) is 5.03. The molecule has 2 aromatic heterocycles. The number of hydrogen-bond donors (Lipinski definition) is 1. The first-order valence-electron chi connectivity index (χ1n) is 9.06. The van der Waals surface area contributed by atoms with Crippen LogP contribution in [0.25, 0.3) is 0 Å². The number of benzene rings is 1. The summed E-state index contributed by atoms with van der Waals surface area (Å²) in [5.41, 5.74) is 1.94. The number of carbonyl (C=O) groups is 1. The summed E-state index contributed by atoms with van der Waals surface area (Å²) in [5.74, 6) is 1.46. The SMILES string of the molecule is COc1ccc(NC(=O)c2cnc(N(C)CCc3ccncc3)cn2)c(OC)c1. The molecule has 1 aromatic carbocycles. The van der Waals surface area contributed by atoms with E-state index in [4.69, 9.17) is 9.47 Å². The Labute approximate surface area is 169 Å². The van der Waals surface area contributed by atoms with Gasteiger partial charge in [-0.15, -0.1) is 0 Å². The minimum Gasteiger partial charge on any atom is -0.497 e. The van der Waals surface area contributed by atoms with Gasteiger partial charge in [0.2, 0.25) is 0 Å². The first kappa shape index (κ1) is 20.1. The molecule has 0 bridgehead atoms. The van der Waals surface area contributed by atoms with Crippen molar-refractivity contribution in [2.24, 2.45) is 0 Å². The molecule has 150 valence electrons. The molecule has 3 rings (SSSR count). The third kappa shape index (κ3) is 5.19. The van der Waals surface area contributed by atoms with Crippen molar-refractivity contribution < 1.29 is 14.3 Å². The summed E-state index contributed by atoms with van der Waals surface area (Å²) in [6.45, 7) is 0.771. The zero-order valence-corrected chi connectivity index (χ0v) is 16.6. The number of ether oxygens (including phenoxy) is 2. The van der Waals surface area contributed by atoms with E-state index in [9.17, 15) is 4.79 Å². The van der Waals surface area contributed by atoms with Crippen LogP contribution in [-0.2, 0) is 6.42 Å². The van der Waals surface area contributed by atoms with E-state index >= 15 is 0 Å². The number of rotatable bonds is 8. The van der Waals surface area contributed by atoms with Gasteiger partial charge in [0, 0.05) is 32.1 Å². The highest BCUT2D eigenvalue weighted by molar-refractivity contribution is 6.03. The topological polar surface area (TPSA) is 89.5 Å². The minimum absolute atomic E-state index is 0.217. The zero-order chi connectivity index (χ0) is 20.6. The number of hydrogen-bond acceptors (Lipinski definition) is 7. The van der Waals surface area contributed by atoms with E-state index in [1.54, 1.807) is 43.9 Å². The van der Waals surface area contributed by atoms with Crippen molar-refractivity contribution in [3.8, 4) is 11.5 Å². The molecule has 29 heavy (non-hydrogen) atoms. The summed E-state index contributed by atoms with van der Waals surface area (Å²) < 4.78 is 10.5. The van der Waals surface area contributed by atoms with Crippen LogP contribution in [0.1, 0.15) is 16.1 Å². The van der Waals surface area contributed by atoms with Crippen LogP contribution in [-0.4, -0.2) is 48.7 Å². The number of aromatic nitrogens is 3. The fourth-order valence-corrected chi connectivity index (χ4v) is 2.68. The summed E-state index contributed by atoms with van der Waals surface area (Å²) in [5, 5.41) is 2.78. The second-order valence-corrected chi connectivity index (χ2v) is 6.31.